The van der Waals surface area contributed by atoms with Gasteiger partial charge in [0.2, 0.25) is 23.5 Å². The van der Waals surface area contributed by atoms with E-state index in [9.17, 15) is 0 Å². The molecule has 270 valence electrons. The molecule has 8 heterocycles. The molecule has 0 aliphatic carbocycles. The monoisotopic (exact) mass is 780 g/mol. The first-order valence-corrected chi connectivity index (χ1v) is 20.5. The van der Waals surface area contributed by atoms with Crippen LogP contribution in [0.5, 0.6) is 0 Å². The van der Waals surface area contributed by atoms with Gasteiger partial charge in [-0.05, 0) is 71.8 Å². The number of imidazole rings is 4. The minimum absolute atomic E-state index is 0.590. The van der Waals surface area contributed by atoms with Gasteiger partial charge in [-0.2, -0.15) is 0 Å². The van der Waals surface area contributed by atoms with Crippen molar-refractivity contribution in [1.82, 2.24) is 47.8 Å². The van der Waals surface area contributed by atoms with Crippen molar-refractivity contribution in [2.24, 2.45) is 0 Å². The zero-order valence-electron chi connectivity index (χ0n) is 30.1. The number of para-hydroxylation sites is 4. The summed E-state index contributed by atoms with van der Waals surface area (Å²) >= 11 is 3.43. The van der Waals surface area contributed by atoms with E-state index in [4.69, 9.17) is 29.9 Å². The molecule has 14 rings (SSSR count). The number of hydrogen-bond donors (Lipinski definition) is 0. The van der Waals surface area contributed by atoms with E-state index in [1.165, 1.54) is 9.40 Å². The van der Waals surface area contributed by atoms with Crippen molar-refractivity contribution in [2.45, 2.75) is 0 Å². The number of nitrogens with zero attached hydrogens (tertiary/aromatic N) is 10. The fourth-order valence-corrected chi connectivity index (χ4v) is 10.8. The highest BCUT2D eigenvalue weighted by molar-refractivity contribution is 7.26. The lowest BCUT2D eigenvalue weighted by molar-refractivity contribution is 0.986. The maximum atomic E-state index is 5.18. The van der Waals surface area contributed by atoms with Crippen LogP contribution in [0, 0.1) is 0 Å². The van der Waals surface area contributed by atoms with Gasteiger partial charge in [-0.15, -0.1) is 22.7 Å². The molecule has 58 heavy (non-hydrogen) atoms. The number of fused-ring (bicyclic) bond motifs is 16. The molecule has 0 aliphatic heterocycles. The molecule has 0 unspecified atom stereocenters. The number of rotatable bonds is 3. The van der Waals surface area contributed by atoms with Gasteiger partial charge < -0.3 is 0 Å². The normalized spacial score (nSPS) is 12.5. The molecule has 14 aromatic rings. The van der Waals surface area contributed by atoms with Crippen molar-refractivity contribution in [2.75, 3.05) is 0 Å². The molecule has 0 saturated carbocycles. The molecule has 0 N–H and O–H groups in total. The summed E-state index contributed by atoms with van der Waals surface area (Å²) in [4.78, 5) is 30.5. The Kier molecular flexibility index (Phi) is 5.85. The molecule has 6 aromatic carbocycles. The van der Waals surface area contributed by atoms with Crippen LogP contribution in [0.3, 0.4) is 0 Å². The molecule has 0 bridgehead atoms. The Labute approximate surface area is 334 Å². The third-order valence-electron chi connectivity index (χ3n) is 11.3. The number of benzene rings is 6. The van der Waals surface area contributed by atoms with Gasteiger partial charge in [0.1, 0.15) is 0 Å². The number of thiophene rings is 2. The lowest BCUT2D eigenvalue weighted by Gasteiger charge is -2.07. The molecule has 0 aliphatic rings. The first kappa shape index (κ1) is 30.7. The van der Waals surface area contributed by atoms with Crippen molar-refractivity contribution in [3.63, 3.8) is 0 Å². The topological polar surface area (TPSA) is 96.0 Å². The van der Waals surface area contributed by atoms with E-state index in [0.717, 1.165) is 98.0 Å². The van der Waals surface area contributed by atoms with Crippen LogP contribution in [-0.4, -0.2) is 47.8 Å². The van der Waals surface area contributed by atoms with Gasteiger partial charge in [-0.1, -0.05) is 72.8 Å². The summed E-state index contributed by atoms with van der Waals surface area (Å²) in [6, 6.07) is 46.5. The van der Waals surface area contributed by atoms with Crippen molar-refractivity contribution < 1.29 is 0 Å². The predicted molar refractivity (Wildman–Crippen MR) is 235 cm³/mol. The van der Waals surface area contributed by atoms with Crippen LogP contribution in [0.1, 0.15) is 0 Å². The van der Waals surface area contributed by atoms with Gasteiger partial charge in [0.25, 0.3) is 0 Å². The molecule has 8 aromatic heterocycles. The molecule has 0 atom stereocenters. The maximum absolute atomic E-state index is 5.18. The van der Waals surface area contributed by atoms with Crippen LogP contribution < -0.4 is 0 Å². The Bertz CT molecular complexity index is 3800. The Balaban J connectivity index is 1.00. The highest BCUT2D eigenvalue weighted by Crippen LogP contribution is 2.38. The molecule has 10 nitrogen and oxygen atoms in total. The van der Waals surface area contributed by atoms with Gasteiger partial charge in [0.05, 0.1) is 77.0 Å². The Morgan fingerprint density at radius 3 is 1.33 bits per heavy atom. The molecule has 0 fully saturated rings. The third-order valence-corrected chi connectivity index (χ3v) is 13.5. The summed E-state index contributed by atoms with van der Waals surface area (Å²) in [5, 5.41) is 2.26. The Morgan fingerprint density at radius 2 is 0.828 bits per heavy atom. The van der Waals surface area contributed by atoms with Crippen LogP contribution in [0.15, 0.2) is 146 Å². The Morgan fingerprint density at radius 1 is 0.379 bits per heavy atom. The molecular formula is C46H24N10S2. The second-order valence-corrected chi connectivity index (χ2v) is 16.7. The van der Waals surface area contributed by atoms with E-state index in [-0.39, 0.29) is 0 Å². The summed E-state index contributed by atoms with van der Waals surface area (Å²) in [7, 11) is 0. The summed E-state index contributed by atoms with van der Waals surface area (Å²) in [5.74, 6) is 2.71. The summed E-state index contributed by atoms with van der Waals surface area (Å²) in [5.41, 5.74) is 11.9. The molecule has 0 amide bonds. The van der Waals surface area contributed by atoms with Crippen molar-refractivity contribution in [3.05, 3.63) is 146 Å². The molecule has 12 heteroatoms. The summed E-state index contributed by atoms with van der Waals surface area (Å²) in [6.07, 6.45) is 3.88. The van der Waals surface area contributed by atoms with Gasteiger partial charge in [-0.3, -0.25) is 8.80 Å². The van der Waals surface area contributed by atoms with Crippen LogP contribution in [0.2, 0.25) is 0 Å². The largest absolute Gasteiger partial charge is 0.276 e. The smallest absolute Gasteiger partial charge is 0.237 e. The second-order valence-electron chi connectivity index (χ2n) is 14.5. The zero-order valence-corrected chi connectivity index (χ0v) is 31.8. The predicted octanol–water partition coefficient (Wildman–Crippen LogP) is 11.2. The summed E-state index contributed by atoms with van der Waals surface area (Å²) in [6.45, 7) is 0. The second kappa shape index (κ2) is 11.1. The highest BCUT2D eigenvalue weighted by Gasteiger charge is 2.23. The average Bonchev–Trinajstić information content (AvgIpc) is 4.11. The van der Waals surface area contributed by atoms with Crippen LogP contribution in [0.4, 0.5) is 0 Å². The molecular weight excluding hydrogens is 757 g/mol. The van der Waals surface area contributed by atoms with Gasteiger partial charge >= 0.3 is 0 Å². The quantitative estimate of drug-likeness (QED) is 0.177. The lowest BCUT2D eigenvalue weighted by atomic mass is 10.0. The fourth-order valence-electron chi connectivity index (χ4n) is 8.77. The van der Waals surface area contributed by atoms with E-state index in [1.807, 2.05) is 24.5 Å². The molecule has 0 saturated heterocycles. The minimum Gasteiger partial charge on any atom is -0.276 e. The highest BCUT2D eigenvalue weighted by atomic mass is 32.1. The standard InChI is InChI=1S/C46H24N10S2/c1-7-15-37-27(9-1)41-39(57-37)23-47-43(51-41)55-33-19-17-25(21-35(33)53-31-13-5-3-11-29(31)49-45(53)55)26-18-20-34-36(22-26)54-32-14-6-4-12-30(32)50-46(54)56(34)44-48-24-40-42(52-44)28-10-2-8-16-38(28)58-40/h1-24H. The van der Waals surface area contributed by atoms with Gasteiger partial charge in [0.15, 0.2) is 0 Å². The lowest BCUT2D eigenvalue weighted by Crippen LogP contribution is -2.01. The van der Waals surface area contributed by atoms with Crippen molar-refractivity contribution >= 4 is 119 Å². The first-order chi connectivity index (χ1) is 28.7. The minimum atomic E-state index is 0.590. The van der Waals surface area contributed by atoms with E-state index < -0.39 is 0 Å². The van der Waals surface area contributed by atoms with E-state index >= 15 is 0 Å². The van der Waals surface area contributed by atoms with Crippen molar-refractivity contribution in [3.8, 4) is 23.0 Å². The van der Waals surface area contributed by atoms with Crippen molar-refractivity contribution in [1.29, 1.82) is 0 Å². The number of hydrogen-bond acceptors (Lipinski definition) is 8. The number of aromatic nitrogens is 10. The van der Waals surface area contributed by atoms with Crippen LogP contribution >= 0.6 is 22.7 Å². The van der Waals surface area contributed by atoms with Gasteiger partial charge in [-0.25, -0.2) is 39.0 Å². The third kappa shape index (κ3) is 4.04. The van der Waals surface area contributed by atoms with E-state index in [0.29, 0.717) is 11.9 Å². The zero-order chi connectivity index (χ0) is 37.6. The Hall–Kier alpha value is -7.54. The molecule has 0 radical (unpaired) electrons. The van der Waals surface area contributed by atoms with Gasteiger partial charge in [0, 0.05) is 20.2 Å². The van der Waals surface area contributed by atoms with E-state index in [1.54, 1.807) is 22.7 Å². The van der Waals surface area contributed by atoms with Crippen LogP contribution in [0.25, 0.3) is 119 Å². The summed E-state index contributed by atoms with van der Waals surface area (Å²) < 4.78 is 13.1. The SMILES string of the molecule is c1ccc2c(c1)nc1n(-c3ncc4sc5ccccc5c4n3)c3ccc(-c4ccc5c(c4)n4c6ccccc6nc4n5-c4ncc5sc6ccccc6c5n4)cc3n21. The molecule has 0 spiro atoms. The van der Waals surface area contributed by atoms with Crippen LogP contribution in [-0.2, 0) is 0 Å². The fraction of sp³-hybridized carbons (Fsp3) is 0. The first-order valence-electron chi connectivity index (χ1n) is 18.9. The average molecular weight is 781 g/mol. The maximum Gasteiger partial charge on any atom is 0.237 e. The van der Waals surface area contributed by atoms with E-state index in [2.05, 4.69) is 139 Å².